The first-order valence-corrected chi connectivity index (χ1v) is 7.26. The molecule has 1 aromatic rings. The number of benzene rings is 1. The van der Waals surface area contributed by atoms with Gasteiger partial charge in [0, 0.05) is 18.7 Å². The Kier molecular flexibility index (Phi) is 8.07. The lowest BCUT2D eigenvalue weighted by atomic mass is 10.1. The van der Waals surface area contributed by atoms with Gasteiger partial charge in [0.05, 0.1) is 13.7 Å². The van der Waals surface area contributed by atoms with Crippen molar-refractivity contribution >= 4 is 0 Å². The number of hydrogen-bond acceptors (Lipinski definition) is 4. The van der Waals surface area contributed by atoms with Crippen LogP contribution in [0.5, 0.6) is 11.5 Å². The van der Waals surface area contributed by atoms with Gasteiger partial charge >= 0.3 is 0 Å². The van der Waals surface area contributed by atoms with E-state index in [0.29, 0.717) is 25.7 Å². The van der Waals surface area contributed by atoms with Crippen molar-refractivity contribution in [2.24, 2.45) is 5.92 Å². The lowest BCUT2D eigenvalue weighted by Crippen LogP contribution is -2.20. The Hall–Kier alpha value is -1.26. The van der Waals surface area contributed by atoms with E-state index in [0.717, 1.165) is 30.2 Å². The molecule has 0 heterocycles. The van der Waals surface area contributed by atoms with Gasteiger partial charge in [0.25, 0.3) is 0 Å². The molecule has 0 aliphatic rings. The van der Waals surface area contributed by atoms with Gasteiger partial charge in [-0.3, -0.25) is 0 Å². The standard InChI is InChI=1S/C16H27NO3/c1-5-19-9-10-20-16-14(12-17-11-13(2)3)7-6-8-15(16)18-4/h6-8,13,17H,5,9-12H2,1-4H3. The predicted octanol–water partition coefficient (Wildman–Crippen LogP) is 2.86. The second-order valence-electron chi connectivity index (χ2n) is 5.02. The predicted molar refractivity (Wildman–Crippen MR) is 81.5 cm³/mol. The number of methoxy groups -OCH3 is 1. The van der Waals surface area contributed by atoms with Crippen molar-refractivity contribution in [2.75, 3.05) is 33.5 Å². The van der Waals surface area contributed by atoms with Gasteiger partial charge in [-0.05, 0) is 25.5 Å². The van der Waals surface area contributed by atoms with E-state index in [9.17, 15) is 0 Å². The molecule has 0 unspecified atom stereocenters. The molecule has 0 bridgehead atoms. The number of hydrogen-bond donors (Lipinski definition) is 1. The molecule has 0 aromatic heterocycles. The van der Waals surface area contributed by atoms with Gasteiger partial charge < -0.3 is 19.5 Å². The van der Waals surface area contributed by atoms with Crippen molar-refractivity contribution in [3.05, 3.63) is 23.8 Å². The maximum atomic E-state index is 5.83. The number of para-hydroxylation sites is 1. The molecule has 0 atom stereocenters. The molecular weight excluding hydrogens is 254 g/mol. The maximum Gasteiger partial charge on any atom is 0.165 e. The second kappa shape index (κ2) is 9.61. The van der Waals surface area contributed by atoms with Crippen LogP contribution >= 0.6 is 0 Å². The topological polar surface area (TPSA) is 39.7 Å². The SMILES string of the molecule is CCOCCOc1c(CNCC(C)C)cccc1OC. The van der Waals surface area contributed by atoms with Gasteiger partial charge in [-0.1, -0.05) is 26.0 Å². The Labute approximate surface area is 122 Å². The average molecular weight is 281 g/mol. The van der Waals surface area contributed by atoms with Gasteiger partial charge in [0.1, 0.15) is 6.61 Å². The van der Waals surface area contributed by atoms with E-state index in [4.69, 9.17) is 14.2 Å². The molecule has 0 spiro atoms. The Morgan fingerprint density at radius 2 is 2.00 bits per heavy atom. The lowest BCUT2D eigenvalue weighted by molar-refractivity contribution is 0.108. The molecule has 114 valence electrons. The molecule has 0 amide bonds. The van der Waals surface area contributed by atoms with E-state index < -0.39 is 0 Å². The van der Waals surface area contributed by atoms with Gasteiger partial charge in [-0.15, -0.1) is 0 Å². The Bertz CT molecular complexity index is 380. The van der Waals surface area contributed by atoms with Crippen LogP contribution in [-0.2, 0) is 11.3 Å². The lowest BCUT2D eigenvalue weighted by Gasteiger charge is -2.16. The fourth-order valence-electron chi connectivity index (χ4n) is 1.87. The van der Waals surface area contributed by atoms with Crippen molar-refractivity contribution in [3.63, 3.8) is 0 Å². The molecule has 0 aliphatic heterocycles. The molecule has 1 N–H and O–H groups in total. The zero-order valence-corrected chi connectivity index (χ0v) is 13.1. The maximum absolute atomic E-state index is 5.83. The normalized spacial score (nSPS) is 10.8. The van der Waals surface area contributed by atoms with E-state index >= 15 is 0 Å². The first kappa shape index (κ1) is 16.8. The zero-order valence-electron chi connectivity index (χ0n) is 13.1. The van der Waals surface area contributed by atoms with Crippen molar-refractivity contribution in [1.82, 2.24) is 5.32 Å². The third-order valence-electron chi connectivity index (χ3n) is 2.83. The van der Waals surface area contributed by atoms with Crippen molar-refractivity contribution < 1.29 is 14.2 Å². The molecule has 1 aromatic carbocycles. The van der Waals surface area contributed by atoms with Gasteiger partial charge in [-0.25, -0.2) is 0 Å². The third-order valence-corrected chi connectivity index (χ3v) is 2.83. The van der Waals surface area contributed by atoms with Gasteiger partial charge in [-0.2, -0.15) is 0 Å². The monoisotopic (exact) mass is 281 g/mol. The first-order chi connectivity index (χ1) is 9.69. The quantitative estimate of drug-likeness (QED) is 0.669. The van der Waals surface area contributed by atoms with Crippen LogP contribution in [0.3, 0.4) is 0 Å². The fraction of sp³-hybridized carbons (Fsp3) is 0.625. The number of ether oxygens (including phenoxy) is 3. The minimum Gasteiger partial charge on any atom is -0.493 e. The molecule has 0 saturated heterocycles. The summed E-state index contributed by atoms with van der Waals surface area (Å²) in [6.45, 7) is 9.95. The summed E-state index contributed by atoms with van der Waals surface area (Å²) in [5.41, 5.74) is 1.11. The first-order valence-electron chi connectivity index (χ1n) is 7.26. The summed E-state index contributed by atoms with van der Waals surface area (Å²) in [4.78, 5) is 0. The average Bonchev–Trinajstić information content (AvgIpc) is 2.44. The minimum atomic E-state index is 0.533. The van der Waals surface area contributed by atoms with Gasteiger partial charge in [0.2, 0.25) is 0 Å². The molecule has 4 nitrogen and oxygen atoms in total. The summed E-state index contributed by atoms with van der Waals surface area (Å²) in [5.74, 6) is 2.21. The summed E-state index contributed by atoms with van der Waals surface area (Å²) in [5, 5.41) is 3.43. The zero-order chi connectivity index (χ0) is 14.8. The van der Waals surface area contributed by atoms with Crippen LogP contribution in [0.2, 0.25) is 0 Å². The molecule has 4 heteroatoms. The summed E-state index contributed by atoms with van der Waals surface area (Å²) >= 11 is 0. The Morgan fingerprint density at radius 3 is 2.65 bits per heavy atom. The highest BCUT2D eigenvalue weighted by Crippen LogP contribution is 2.31. The highest BCUT2D eigenvalue weighted by Gasteiger charge is 2.10. The van der Waals surface area contributed by atoms with Crippen molar-refractivity contribution in [3.8, 4) is 11.5 Å². The van der Waals surface area contributed by atoms with E-state index in [2.05, 4.69) is 25.2 Å². The molecule has 1 rings (SSSR count). The smallest absolute Gasteiger partial charge is 0.165 e. The largest absolute Gasteiger partial charge is 0.493 e. The van der Waals surface area contributed by atoms with Crippen LogP contribution in [0.4, 0.5) is 0 Å². The minimum absolute atomic E-state index is 0.533. The molecule has 0 saturated carbocycles. The summed E-state index contributed by atoms with van der Waals surface area (Å²) < 4.78 is 16.5. The number of rotatable bonds is 10. The van der Waals surface area contributed by atoms with Crippen LogP contribution in [0.1, 0.15) is 26.3 Å². The Morgan fingerprint density at radius 1 is 1.20 bits per heavy atom. The van der Waals surface area contributed by atoms with E-state index in [1.807, 2.05) is 19.1 Å². The van der Waals surface area contributed by atoms with E-state index in [1.54, 1.807) is 7.11 Å². The van der Waals surface area contributed by atoms with E-state index in [-0.39, 0.29) is 0 Å². The van der Waals surface area contributed by atoms with Crippen LogP contribution in [0, 0.1) is 5.92 Å². The second-order valence-corrected chi connectivity index (χ2v) is 5.02. The molecule has 0 fully saturated rings. The summed E-state index contributed by atoms with van der Waals surface area (Å²) in [6.07, 6.45) is 0. The van der Waals surface area contributed by atoms with Crippen LogP contribution < -0.4 is 14.8 Å². The molecule has 0 radical (unpaired) electrons. The van der Waals surface area contributed by atoms with E-state index in [1.165, 1.54) is 0 Å². The summed E-state index contributed by atoms with van der Waals surface area (Å²) in [6, 6.07) is 5.97. The molecular formula is C16H27NO3. The van der Waals surface area contributed by atoms with Crippen LogP contribution in [0.15, 0.2) is 18.2 Å². The third kappa shape index (κ3) is 5.80. The molecule has 20 heavy (non-hydrogen) atoms. The van der Waals surface area contributed by atoms with Crippen LogP contribution in [0.25, 0.3) is 0 Å². The van der Waals surface area contributed by atoms with Crippen molar-refractivity contribution in [1.29, 1.82) is 0 Å². The summed E-state index contributed by atoms with van der Waals surface area (Å²) in [7, 11) is 1.66. The highest BCUT2D eigenvalue weighted by atomic mass is 16.5. The van der Waals surface area contributed by atoms with Gasteiger partial charge in [0.15, 0.2) is 11.5 Å². The highest BCUT2D eigenvalue weighted by molar-refractivity contribution is 5.46. The van der Waals surface area contributed by atoms with Crippen molar-refractivity contribution in [2.45, 2.75) is 27.3 Å². The molecule has 0 aliphatic carbocycles. The number of nitrogens with one attached hydrogen (secondary N) is 1. The fourth-order valence-corrected chi connectivity index (χ4v) is 1.87. The van der Waals surface area contributed by atoms with Crippen LogP contribution in [-0.4, -0.2) is 33.5 Å². The Balaban J connectivity index is 2.65.